The van der Waals surface area contributed by atoms with E-state index in [2.05, 4.69) is 6.42 Å². The van der Waals surface area contributed by atoms with Crippen molar-refractivity contribution in [3.63, 3.8) is 0 Å². The molecular weight excluding hydrogens is 164 g/mol. The maximum absolute atomic E-state index is 10.6. The highest BCUT2D eigenvalue weighted by Crippen LogP contribution is 2.35. The van der Waals surface area contributed by atoms with Crippen LogP contribution in [0.15, 0.2) is 23.1 Å². The zero-order chi connectivity index (χ0) is 8.06. The van der Waals surface area contributed by atoms with Crippen LogP contribution in [0.3, 0.4) is 0 Å². The Balaban J connectivity index is 2.68. The Hall–Kier alpha value is -0.870. The Morgan fingerprint density at radius 1 is 1.36 bits per heavy atom. The molecule has 0 amide bonds. The first kappa shape index (κ1) is 6.82. The molecule has 0 fully saturated rings. The summed E-state index contributed by atoms with van der Waals surface area (Å²) in [6, 6.07) is 4.67. The molecule has 0 atom stereocenters. The molecule has 56 valence electrons. The van der Waals surface area contributed by atoms with Crippen molar-refractivity contribution in [2.75, 3.05) is 0 Å². The topological polar surface area (TPSA) is 54.4 Å². The first-order valence-corrected chi connectivity index (χ1v) is 4.40. The van der Waals surface area contributed by atoms with Gasteiger partial charge in [-0.15, -0.1) is 0 Å². The molecule has 0 saturated heterocycles. The summed E-state index contributed by atoms with van der Waals surface area (Å²) in [4.78, 5) is -0.0463. The van der Waals surface area contributed by atoms with Gasteiger partial charge in [0.1, 0.15) is 0 Å². The number of hydrogen-bond donors (Lipinski definition) is 1. The average molecular weight is 168 g/mol. The molecule has 0 saturated carbocycles. The number of benzene rings is 1. The van der Waals surface area contributed by atoms with Crippen LogP contribution in [0.2, 0.25) is 0 Å². The van der Waals surface area contributed by atoms with Crippen LogP contribution in [0.4, 0.5) is 0 Å². The quantitative estimate of drug-likeness (QED) is 0.638. The predicted octanol–water partition coefficient (Wildman–Crippen LogP) is 0.724. The van der Waals surface area contributed by atoms with Crippen LogP contribution in [-0.2, 0) is 10.1 Å². The van der Waals surface area contributed by atoms with Gasteiger partial charge in [0.15, 0.2) is 0 Å². The largest absolute Gasteiger partial charge is 0.294 e. The molecule has 0 aromatic heterocycles. The van der Waals surface area contributed by atoms with Crippen molar-refractivity contribution in [3.05, 3.63) is 35.7 Å². The summed E-state index contributed by atoms with van der Waals surface area (Å²) in [7, 11) is -4.04. The van der Waals surface area contributed by atoms with Gasteiger partial charge in [-0.2, -0.15) is 8.42 Å². The van der Waals surface area contributed by atoms with E-state index in [9.17, 15) is 8.42 Å². The van der Waals surface area contributed by atoms with E-state index in [1.165, 1.54) is 6.07 Å². The SMILES string of the molecule is O=S(=O)(O)c1cccc2c1[C]2. The molecule has 1 N–H and O–H groups in total. The van der Waals surface area contributed by atoms with Gasteiger partial charge >= 0.3 is 0 Å². The van der Waals surface area contributed by atoms with Crippen LogP contribution in [0.1, 0.15) is 11.1 Å². The van der Waals surface area contributed by atoms with Crippen LogP contribution < -0.4 is 0 Å². The summed E-state index contributed by atoms with van der Waals surface area (Å²) in [5.74, 6) is 0. The van der Waals surface area contributed by atoms with Crippen molar-refractivity contribution in [1.29, 1.82) is 0 Å². The van der Waals surface area contributed by atoms with Crippen molar-refractivity contribution in [2.24, 2.45) is 0 Å². The molecule has 0 bridgehead atoms. The minimum Gasteiger partial charge on any atom is -0.282 e. The van der Waals surface area contributed by atoms with Crippen molar-refractivity contribution in [2.45, 2.75) is 4.90 Å². The van der Waals surface area contributed by atoms with E-state index in [4.69, 9.17) is 4.55 Å². The lowest BCUT2D eigenvalue weighted by molar-refractivity contribution is 0.483. The fourth-order valence-electron chi connectivity index (χ4n) is 0.953. The fraction of sp³-hybridized carbons (Fsp3) is 0. The first-order chi connectivity index (χ1) is 5.09. The van der Waals surface area contributed by atoms with Crippen LogP contribution in [-0.4, -0.2) is 13.0 Å². The Labute approximate surface area is 64.4 Å². The zero-order valence-corrected chi connectivity index (χ0v) is 6.22. The van der Waals surface area contributed by atoms with Gasteiger partial charge in [-0.3, -0.25) is 4.55 Å². The molecule has 2 rings (SSSR count). The van der Waals surface area contributed by atoms with Gasteiger partial charge in [-0.1, -0.05) is 12.1 Å². The second kappa shape index (κ2) is 1.84. The molecule has 1 aromatic carbocycles. The number of rotatable bonds is 1. The summed E-state index contributed by atoms with van der Waals surface area (Å²) >= 11 is 0. The minimum absolute atomic E-state index is 0.0463. The van der Waals surface area contributed by atoms with Gasteiger partial charge < -0.3 is 0 Å². The van der Waals surface area contributed by atoms with E-state index in [-0.39, 0.29) is 4.90 Å². The molecule has 0 spiro atoms. The standard InChI is InChI=1S/C7H4O3S/c8-11(9,10)7-3-1-2-5-4-6(5)7/h1-3H,(H,8,9,10). The van der Waals surface area contributed by atoms with Crippen molar-refractivity contribution in [1.82, 2.24) is 0 Å². The van der Waals surface area contributed by atoms with Crippen molar-refractivity contribution < 1.29 is 13.0 Å². The molecule has 11 heavy (non-hydrogen) atoms. The normalized spacial score (nSPS) is 14.3. The summed E-state index contributed by atoms with van der Waals surface area (Å²) in [5.41, 5.74) is 1.27. The van der Waals surface area contributed by atoms with Crippen LogP contribution >= 0.6 is 0 Å². The Bertz CT molecular complexity index is 406. The molecule has 0 aliphatic heterocycles. The van der Waals surface area contributed by atoms with Gasteiger partial charge in [-0.25, -0.2) is 0 Å². The second-order valence-corrected chi connectivity index (χ2v) is 3.67. The lowest BCUT2D eigenvalue weighted by atomic mass is 10.4. The second-order valence-electron chi connectivity index (χ2n) is 2.28. The minimum atomic E-state index is -4.04. The predicted molar refractivity (Wildman–Crippen MR) is 37.7 cm³/mol. The van der Waals surface area contributed by atoms with Crippen LogP contribution in [0.25, 0.3) is 0 Å². The number of hydrogen-bond acceptors (Lipinski definition) is 2. The third-order valence-corrected chi connectivity index (χ3v) is 2.40. The van der Waals surface area contributed by atoms with Gasteiger partial charge in [-0.05, 0) is 17.2 Å². The van der Waals surface area contributed by atoms with E-state index in [0.29, 0.717) is 5.56 Å². The van der Waals surface area contributed by atoms with Gasteiger partial charge in [0.2, 0.25) is 0 Å². The molecule has 4 heteroatoms. The molecule has 0 unspecified atom stereocenters. The molecular formula is C7H4O3S. The summed E-state index contributed by atoms with van der Waals surface area (Å²) in [5, 5.41) is 0. The molecule has 1 aliphatic rings. The third kappa shape index (κ3) is 1.04. The lowest BCUT2D eigenvalue weighted by Gasteiger charge is -1.92. The highest BCUT2D eigenvalue weighted by atomic mass is 32.2. The Kier molecular flexibility index (Phi) is 1.14. The molecule has 0 heterocycles. The summed E-state index contributed by atoms with van der Waals surface area (Å²) < 4.78 is 29.8. The molecule has 2 radical (unpaired) electrons. The lowest BCUT2D eigenvalue weighted by Crippen LogP contribution is -1.97. The molecule has 1 aromatic rings. The van der Waals surface area contributed by atoms with E-state index in [1.807, 2.05) is 0 Å². The van der Waals surface area contributed by atoms with E-state index < -0.39 is 10.1 Å². The zero-order valence-electron chi connectivity index (χ0n) is 5.40. The summed E-state index contributed by atoms with van der Waals surface area (Å²) in [6.07, 6.45) is 2.73. The molecule has 3 nitrogen and oxygen atoms in total. The van der Waals surface area contributed by atoms with E-state index in [1.54, 1.807) is 12.1 Å². The smallest absolute Gasteiger partial charge is 0.282 e. The molecule has 1 aliphatic carbocycles. The van der Waals surface area contributed by atoms with Gasteiger partial charge in [0.25, 0.3) is 10.1 Å². The highest BCUT2D eigenvalue weighted by Gasteiger charge is 2.27. The maximum Gasteiger partial charge on any atom is 0.294 e. The van der Waals surface area contributed by atoms with Crippen molar-refractivity contribution in [3.8, 4) is 0 Å². The average Bonchev–Trinajstić information content (AvgIpc) is 2.60. The van der Waals surface area contributed by atoms with Gasteiger partial charge in [0.05, 0.1) is 11.3 Å². The Morgan fingerprint density at radius 3 is 2.64 bits per heavy atom. The van der Waals surface area contributed by atoms with Crippen LogP contribution in [0, 0.1) is 6.42 Å². The number of fused-ring (bicyclic) bond motifs is 1. The van der Waals surface area contributed by atoms with Crippen molar-refractivity contribution >= 4 is 10.1 Å². The summed E-state index contributed by atoms with van der Waals surface area (Å²) in [6.45, 7) is 0. The maximum atomic E-state index is 10.6. The van der Waals surface area contributed by atoms with Crippen LogP contribution in [0.5, 0.6) is 0 Å². The monoisotopic (exact) mass is 168 g/mol. The van der Waals surface area contributed by atoms with Gasteiger partial charge in [0, 0.05) is 0 Å². The Morgan fingerprint density at radius 2 is 2.09 bits per heavy atom. The first-order valence-electron chi connectivity index (χ1n) is 2.96. The third-order valence-electron chi connectivity index (χ3n) is 1.50. The highest BCUT2D eigenvalue weighted by molar-refractivity contribution is 7.86. The van der Waals surface area contributed by atoms with E-state index in [0.717, 1.165) is 5.56 Å². The fourth-order valence-corrected chi connectivity index (χ4v) is 1.62. The van der Waals surface area contributed by atoms with E-state index >= 15 is 0 Å².